The van der Waals surface area contributed by atoms with Crippen LogP contribution in [0.15, 0.2) is 53.6 Å². The summed E-state index contributed by atoms with van der Waals surface area (Å²) in [6.45, 7) is 4.49. The average molecular weight is 270 g/mol. The highest BCUT2D eigenvalue weighted by molar-refractivity contribution is 5.81. The zero-order valence-corrected chi connectivity index (χ0v) is 11.7. The maximum absolute atomic E-state index is 10.6. The number of para-hydroxylation sites is 1. The lowest BCUT2D eigenvalue weighted by atomic mass is 9.99. The largest absolute Gasteiger partial charge is 0.493 e. The van der Waals surface area contributed by atoms with Gasteiger partial charge >= 0.3 is 5.97 Å². The molecule has 1 aromatic rings. The first-order valence-electron chi connectivity index (χ1n) is 6.59. The standard InChI is InChI=1S/C17H18O3/c1-12(11-17(18)19)7-8-14-9-10-20-16-6-4-3-5-15(16)13(14)2/h3-8,11H,9-10H2,1-2H3,(H,18,19). The molecule has 0 spiro atoms. The Kier molecular flexibility index (Phi) is 4.41. The van der Waals surface area contributed by atoms with Gasteiger partial charge in [0.15, 0.2) is 0 Å². The van der Waals surface area contributed by atoms with Gasteiger partial charge < -0.3 is 9.84 Å². The van der Waals surface area contributed by atoms with Gasteiger partial charge in [0.25, 0.3) is 0 Å². The summed E-state index contributed by atoms with van der Waals surface area (Å²) >= 11 is 0. The first-order valence-corrected chi connectivity index (χ1v) is 6.59. The molecule has 0 saturated heterocycles. The van der Waals surface area contributed by atoms with E-state index in [1.165, 1.54) is 17.2 Å². The average Bonchev–Trinajstić information content (AvgIpc) is 2.56. The fraction of sp³-hybridized carbons (Fsp3) is 0.235. The van der Waals surface area contributed by atoms with Crippen LogP contribution in [0.2, 0.25) is 0 Å². The third-order valence-electron chi connectivity index (χ3n) is 3.30. The van der Waals surface area contributed by atoms with Gasteiger partial charge in [-0.3, -0.25) is 0 Å². The molecule has 0 fully saturated rings. The van der Waals surface area contributed by atoms with E-state index in [4.69, 9.17) is 9.84 Å². The van der Waals surface area contributed by atoms with Crippen LogP contribution in [-0.2, 0) is 4.79 Å². The molecule has 0 aromatic heterocycles. The molecule has 0 radical (unpaired) electrons. The second kappa shape index (κ2) is 6.24. The van der Waals surface area contributed by atoms with E-state index in [1.54, 1.807) is 6.92 Å². The molecule has 0 saturated carbocycles. The van der Waals surface area contributed by atoms with E-state index in [-0.39, 0.29) is 0 Å². The fourth-order valence-electron chi connectivity index (χ4n) is 2.22. The highest BCUT2D eigenvalue weighted by Gasteiger charge is 2.12. The second-order valence-electron chi connectivity index (χ2n) is 4.80. The zero-order valence-electron chi connectivity index (χ0n) is 11.7. The van der Waals surface area contributed by atoms with Crippen LogP contribution < -0.4 is 4.74 Å². The van der Waals surface area contributed by atoms with Gasteiger partial charge in [-0.05, 0) is 36.6 Å². The lowest BCUT2D eigenvalue weighted by Crippen LogP contribution is -1.95. The minimum Gasteiger partial charge on any atom is -0.493 e. The molecule has 0 atom stereocenters. The smallest absolute Gasteiger partial charge is 0.328 e. The third kappa shape index (κ3) is 3.38. The molecule has 104 valence electrons. The van der Waals surface area contributed by atoms with Crippen LogP contribution in [0.25, 0.3) is 5.57 Å². The number of carbonyl (C=O) groups is 1. The lowest BCUT2D eigenvalue weighted by Gasteiger charge is -2.07. The molecule has 0 amide bonds. The molecule has 0 aliphatic carbocycles. The van der Waals surface area contributed by atoms with Gasteiger partial charge in [-0.15, -0.1) is 0 Å². The van der Waals surface area contributed by atoms with E-state index < -0.39 is 5.97 Å². The van der Waals surface area contributed by atoms with Gasteiger partial charge in [-0.1, -0.05) is 30.4 Å². The Morgan fingerprint density at radius 1 is 1.35 bits per heavy atom. The second-order valence-corrected chi connectivity index (χ2v) is 4.80. The van der Waals surface area contributed by atoms with Crippen molar-refractivity contribution in [3.05, 3.63) is 59.2 Å². The predicted octanol–water partition coefficient (Wildman–Crippen LogP) is 3.83. The van der Waals surface area contributed by atoms with E-state index in [1.807, 2.05) is 36.4 Å². The molecule has 0 unspecified atom stereocenters. The Morgan fingerprint density at radius 3 is 2.85 bits per heavy atom. The van der Waals surface area contributed by atoms with E-state index in [2.05, 4.69) is 6.92 Å². The van der Waals surface area contributed by atoms with Gasteiger partial charge in [0.2, 0.25) is 0 Å². The Balaban J connectivity index is 2.32. The number of fused-ring (bicyclic) bond motifs is 1. The molecule has 20 heavy (non-hydrogen) atoms. The van der Waals surface area contributed by atoms with Gasteiger partial charge in [-0.2, -0.15) is 0 Å². The fourth-order valence-corrected chi connectivity index (χ4v) is 2.22. The number of benzene rings is 1. The van der Waals surface area contributed by atoms with Crippen LogP contribution in [0.3, 0.4) is 0 Å². The van der Waals surface area contributed by atoms with Crippen LogP contribution in [0.4, 0.5) is 0 Å². The molecule has 3 nitrogen and oxygen atoms in total. The van der Waals surface area contributed by atoms with Gasteiger partial charge in [0, 0.05) is 18.1 Å². The highest BCUT2D eigenvalue weighted by Crippen LogP contribution is 2.32. The van der Waals surface area contributed by atoms with Crippen molar-refractivity contribution in [1.82, 2.24) is 0 Å². The topological polar surface area (TPSA) is 46.5 Å². The molecule has 1 aromatic carbocycles. The number of allylic oxidation sites excluding steroid dienone is 4. The number of carboxylic acid groups (broad SMARTS) is 1. The van der Waals surface area contributed by atoms with E-state index in [0.29, 0.717) is 6.61 Å². The number of hydrogen-bond acceptors (Lipinski definition) is 2. The first-order chi connectivity index (χ1) is 9.58. The maximum Gasteiger partial charge on any atom is 0.328 e. The van der Waals surface area contributed by atoms with Gasteiger partial charge in [0.05, 0.1) is 6.61 Å². The summed E-state index contributed by atoms with van der Waals surface area (Å²) in [6, 6.07) is 7.98. The van der Waals surface area contributed by atoms with Crippen molar-refractivity contribution in [3.8, 4) is 5.75 Å². The Bertz CT molecular complexity index is 606. The molecule has 2 rings (SSSR count). The molecule has 3 heteroatoms. The summed E-state index contributed by atoms with van der Waals surface area (Å²) in [6.07, 6.45) is 5.83. The van der Waals surface area contributed by atoms with Crippen molar-refractivity contribution in [1.29, 1.82) is 0 Å². The molecular weight excluding hydrogens is 252 g/mol. The van der Waals surface area contributed by atoms with Crippen LogP contribution in [0.5, 0.6) is 5.75 Å². The lowest BCUT2D eigenvalue weighted by molar-refractivity contribution is -0.131. The van der Waals surface area contributed by atoms with Crippen LogP contribution >= 0.6 is 0 Å². The minimum absolute atomic E-state index is 0.635. The molecule has 0 bridgehead atoms. The van der Waals surface area contributed by atoms with Crippen LogP contribution in [0, 0.1) is 0 Å². The molecular formula is C17H18O3. The van der Waals surface area contributed by atoms with Crippen molar-refractivity contribution in [2.45, 2.75) is 20.3 Å². The SMILES string of the molecule is CC(C=CC1=C(C)c2ccccc2OCC1)=CC(=O)O. The molecule has 1 aliphatic rings. The van der Waals surface area contributed by atoms with Crippen molar-refractivity contribution in [2.24, 2.45) is 0 Å². The highest BCUT2D eigenvalue weighted by atomic mass is 16.5. The van der Waals surface area contributed by atoms with Crippen LogP contribution in [-0.4, -0.2) is 17.7 Å². The Labute approximate surface area is 118 Å². The number of rotatable bonds is 3. The Morgan fingerprint density at radius 2 is 2.10 bits per heavy atom. The predicted molar refractivity (Wildman–Crippen MR) is 79.7 cm³/mol. The number of carboxylic acids is 1. The Hall–Kier alpha value is -2.29. The van der Waals surface area contributed by atoms with Crippen molar-refractivity contribution in [2.75, 3.05) is 6.61 Å². The summed E-state index contributed by atoms with van der Waals surface area (Å²) in [5.41, 5.74) is 4.17. The quantitative estimate of drug-likeness (QED) is 0.670. The number of hydrogen-bond donors (Lipinski definition) is 1. The van der Waals surface area contributed by atoms with Crippen molar-refractivity contribution >= 4 is 11.5 Å². The van der Waals surface area contributed by atoms with E-state index in [9.17, 15) is 4.79 Å². The molecule has 1 N–H and O–H groups in total. The van der Waals surface area contributed by atoms with Crippen LogP contribution in [0.1, 0.15) is 25.8 Å². The van der Waals surface area contributed by atoms with Gasteiger partial charge in [-0.25, -0.2) is 4.79 Å². The third-order valence-corrected chi connectivity index (χ3v) is 3.30. The summed E-state index contributed by atoms with van der Waals surface area (Å²) in [5, 5.41) is 8.71. The van der Waals surface area contributed by atoms with Gasteiger partial charge in [0.1, 0.15) is 5.75 Å². The van der Waals surface area contributed by atoms with Crippen molar-refractivity contribution in [3.63, 3.8) is 0 Å². The molecule has 1 heterocycles. The molecule has 1 aliphatic heterocycles. The summed E-state index contributed by atoms with van der Waals surface area (Å²) in [7, 11) is 0. The van der Waals surface area contributed by atoms with E-state index >= 15 is 0 Å². The van der Waals surface area contributed by atoms with E-state index in [0.717, 1.165) is 23.3 Å². The zero-order chi connectivity index (χ0) is 14.5. The summed E-state index contributed by atoms with van der Waals surface area (Å²) < 4.78 is 5.74. The monoisotopic (exact) mass is 270 g/mol. The number of ether oxygens (including phenoxy) is 1. The van der Waals surface area contributed by atoms with Crippen molar-refractivity contribution < 1.29 is 14.6 Å². The summed E-state index contributed by atoms with van der Waals surface area (Å²) in [5.74, 6) is -0.0152. The first kappa shape index (κ1) is 14.1. The number of aliphatic carboxylic acids is 1. The summed E-state index contributed by atoms with van der Waals surface area (Å²) in [4.78, 5) is 10.6. The maximum atomic E-state index is 10.6. The normalized spacial score (nSPS) is 15.8. The minimum atomic E-state index is -0.924.